The molecule has 3 aromatic rings. The molecule has 1 heterocycles. The van der Waals surface area contributed by atoms with Gasteiger partial charge < -0.3 is 24.7 Å². The van der Waals surface area contributed by atoms with Crippen LogP contribution in [-0.2, 0) is 16.9 Å². The van der Waals surface area contributed by atoms with Gasteiger partial charge in [-0.2, -0.15) is 0 Å². The largest absolute Gasteiger partial charge is 0.497 e. The summed E-state index contributed by atoms with van der Waals surface area (Å²) in [5, 5.41) is 3.39. The first-order chi connectivity index (χ1) is 15.0. The standard InChI is InChI=1S/C24H28N4O3/c1-17-23(27-15-26-17)24(25-3,20-8-12-22(31-5)13-9-20)18(2)28(16-29)14-19-6-10-21(30-4)11-7-19/h6-13,15-16,25H,2,14H2,1,3-5H3,(H,26,27). The molecule has 0 saturated carbocycles. The van der Waals surface area contributed by atoms with E-state index in [1.807, 2.05) is 62.5 Å². The molecule has 0 fully saturated rings. The van der Waals surface area contributed by atoms with Crippen molar-refractivity contribution < 1.29 is 14.3 Å². The lowest BCUT2D eigenvalue weighted by Gasteiger charge is -2.39. The highest BCUT2D eigenvalue weighted by atomic mass is 16.5. The third-order valence-electron chi connectivity index (χ3n) is 5.50. The number of aromatic amines is 1. The third kappa shape index (κ3) is 4.18. The van der Waals surface area contributed by atoms with Crippen molar-refractivity contribution in [2.45, 2.75) is 19.0 Å². The van der Waals surface area contributed by atoms with E-state index < -0.39 is 5.54 Å². The number of imidazole rings is 1. The van der Waals surface area contributed by atoms with Gasteiger partial charge in [-0.1, -0.05) is 30.8 Å². The van der Waals surface area contributed by atoms with Crippen LogP contribution in [0.25, 0.3) is 0 Å². The molecule has 7 heteroatoms. The minimum atomic E-state index is -0.927. The number of ether oxygens (including phenoxy) is 2. The Morgan fingerprint density at radius 3 is 2.16 bits per heavy atom. The predicted octanol–water partition coefficient (Wildman–Crippen LogP) is 3.37. The molecule has 2 N–H and O–H groups in total. The number of hydrogen-bond acceptors (Lipinski definition) is 5. The van der Waals surface area contributed by atoms with E-state index in [9.17, 15) is 4.79 Å². The van der Waals surface area contributed by atoms with Crippen molar-refractivity contribution in [1.82, 2.24) is 20.2 Å². The van der Waals surface area contributed by atoms with Gasteiger partial charge in [-0.25, -0.2) is 4.98 Å². The molecule has 1 atom stereocenters. The monoisotopic (exact) mass is 420 g/mol. The molecular weight excluding hydrogens is 392 g/mol. The predicted molar refractivity (Wildman–Crippen MR) is 120 cm³/mol. The molecule has 0 aliphatic heterocycles. The van der Waals surface area contributed by atoms with Crippen molar-refractivity contribution in [3.05, 3.63) is 89.6 Å². The fourth-order valence-electron chi connectivity index (χ4n) is 3.76. The van der Waals surface area contributed by atoms with Gasteiger partial charge in [0.05, 0.1) is 32.8 Å². The van der Waals surface area contributed by atoms with E-state index in [1.54, 1.807) is 25.4 Å². The molecular formula is C24H28N4O3. The number of hydrogen-bond donors (Lipinski definition) is 2. The average molecular weight is 421 g/mol. The molecule has 162 valence electrons. The first kappa shape index (κ1) is 22.1. The number of carbonyl (C=O) groups excluding carboxylic acids is 1. The van der Waals surface area contributed by atoms with Crippen LogP contribution >= 0.6 is 0 Å². The zero-order valence-electron chi connectivity index (χ0n) is 18.3. The van der Waals surface area contributed by atoms with Gasteiger partial charge in [-0.05, 0) is 49.4 Å². The molecule has 0 aliphatic carbocycles. The Hall–Kier alpha value is -3.58. The van der Waals surface area contributed by atoms with Gasteiger partial charge in [0, 0.05) is 11.4 Å². The van der Waals surface area contributed by atoms with Gasteiger partial charge in [-0.15, -0.1) is 0 Å². The highest BCUT2D eigenvalue weighted by molar-refractivity contribution is 5.57. The van der Waals surface area contributed by atoms with Crippen molar-refractivity contribution >= 4 is 6.41 Å². The lowest BCUT2D eigenvalue weighted by molar-refractivity contribution is -0.117. The maximum Gasteiger partial charge on any atom is 0.214 e. The van der Waals surface area contributed by atoms with Gasteiger partial charge in [0.1, 0.15) is 17.0 Å². The summed E-state index contributed by atoms with van der Waals surface area (Å²) in [6, 6.07) is 15.3. The molecule has 3 rings (SSSR count). The maximum atomic E-state index is 12.2. The van der Waals surface area contributed by atoms with Crippen LogP contribution in [0.15, 0.2) is 67.1 Å². The molecule has 0 spiro atoms. The van der Waals surface area contributed by atoms with Gasteiger partial charge in [0.2, 0.25) is 6.41 Å². The van der Waals surface area contributed by atoms with Crippen LogP contribution in [0.1, 0.15) is 22.5 Å². The summed E-state index contributed by atoms with van der Waals surface area (Å²) in [6.07, 6.45) is 2.44. The fraction of sp³-hybridized carbons (Fsp3) is 0.250. The molecule has 0 aliphatic rings. The summed E-state index contributed by atoms with van der Waals surface area (Å²) >= 11 is 0. The van der Waals surface area contributed by atoms with Crippen molar-refractivity contribution in [3.63, 3.8) is 0 Å². The Kier molecular flexibility index (Phi) is 6.77. The SMILES string of the molecule is C=C(N(C=O)Cc1ccc(OC)cc1)C(NC)(c1ccc(OC)cc1)c1nc[nH]c1C. The van der Waals surface area contributed by atoms with Gasteiger partial charge in [0.15, 0.2) is 0 Å². The quantitative estimate of drug-likeness (QED) is 0.492. The number of aromatic nitrogens is 2. The number of likely N-dealkylation sites (N-methyl/N-ethyl adjacent to an activating group) is 1. The first-order valence-corrected chi connectivity index (χ1v) is 9.88. The topological polar surface area (TPSA) is 79.5 Å². The van der Waals surface area contributed by atoms with Crippen LogP contribution in [-0.4, -0.2) is 42.5 Å². The van der Waals surface area contributed by atoms with Crippen LogP contribution in [0.2, 0.25) is 0 Å². The zero-order valence-corrected chi connectivity index (χ0v) is 18.3. The van der Waals surface area contributed by atoms with Crippen LogP contribution in [0.4, 0.5) is 0 Å². The highest BCUT2D eigenvalue weighted by Gasteiger charge is 2.41. The molecule has 1 amide bonds. The Balaban J connectivity index is 2.06. The smallest absolute Gasteiger partial charge is 0.214 e. The number of benzene rings is 2. The lowest BCUT2D eigenvalue weighted by atomic mass is 9.82. The summed E-state index contributed by atoms with van der Waals surface area (Å²) in [4.78, 5) is 21.5. The number of H-pyrrole nitrogens is 1. The third-order valence-corrected chi connectivity index (χ3v) is 5.50. The van der Waals surface area contributed by atoms with E-state index in [0.29, 0.717) is 12.2 Å². The van der Waals surface area contributed by atoms with Crippen LogP contribution < -0.4 is 14.8 Å². The number of carbonyl (C=O) groups is 1. The second-order valence-corrected chi connectivity index (χ2v) is 7.13. The lowest BCUT2D eigenvalue weighted by Crippen LogP contribution is -2.48. The van der Waals surface area contributed by atoms with Gasteiger partial charge in [0.25, 0.3) is 0 Å². The molecule has 7 nitrogen and oxygen atoms in total. The van der Waals surface area contributed by atoms with Gasteiger partial charge in [-0.3, -0.25) is 4.79 Å². The van der Waals surface area contributed by atoms with Crippen molar-refractivity contribution in [1.29, 1.82) is 0 Å². The second-order valence-electron chi connectivity index (χ2n) is 7.13. The van der Waals surface area contributed by atoms with Crippen LogP contribution in [0.5, 0.6) is 11.5 Å². The molecule has 0 saturated heterocycles. The van der Waals surface area contributed by atoms with Crippen LogP contribution in [0, 0.1) is 6.92 Å². The van der Waals surface area contributed by atoms with E-state index in [4.69, 9.17) is 9.47 Å². The molecule has 0 bridgehead atoms. The highest BCUT2D eigenvalue weighted by Crippen LogP contribution is 2.38. The van der Waals surface area contributed by atoms with Crippen molar-refractivity contribution in [2.24, 2.45) is 0 Å². The summed E-state index contributed by atoms with van der Waals surface area (Å²) in [7, 11) is 5.08. The minimum absolute atomic E-state index is 0.357. The average Bonchev–Trinajstić information content (AvgIpc) is 3.25. The summed E-state index contributed by atoms with van der Waals surface area (Å²) in [6.45, 7) is 6.64. The molecule has 0 radical (unpaired) electrons. The number of nitrogens with zero attached hydrogens (tertiary/aromatic N) is 2. The molecule has 1 unspecified atom stereocenters. The minimum Gasteiger partial charge on any atom is -0.497 e. The zero-order chi connectivity index (χ0) is 22.4. The maximum absolute atomic E-state index is 12.2. The molecule has 1 aromatic heterocycles. The Labute approximate surface area is 182 Å². The van der Waals surface area contributed by atoms with E-state index in [0.717, 1.165) is 40.4 Å². The molecule has 2 aromatic carbocycles. The number of methoxy groups -OCH3 is 2. The Morgan fingerprint density at radius 2 is 1.71 bits per heavy atom. The molecule has 31 heavy (non-hydrogen) atoms. The summed E-state index contributed by atoms with van der Waals surface area (Å²) in [5.41, 5.74) is 3.09. The number of amides is 1. The Morgan fingerprint density at radius 1 is 1.13 bits per heavy atom. The fourth-order valence-corrected chi connectivity index (χ4v) is 3.76. The number of aryl methyl sites for hydroxylation is 1. The normalized spacial score (nSPS) is 12.6. The first-order valence-electron chi connectivity index (χ1n) is 9.88. The van der Waals surface area contributed by atoms with E-state index in [-0.39, 0.29) is 0 Å². The van der Waals surface area contributed by atoms with E-state index >= 15 is 0 Å². The van der Waals surface area contributed by atoms with Crippen molar-refractivity contribution in [2.75, 3.05) is 21.3 Å². The van der Waals surface area contributed by atoms with Crippen molar-refractivity contribution in [3.8, 4) is 11.5 Å². The van der Waals surface area contributed by atoms with E-state index in [1.165, 1.54) is 0 Å². The summed E-state index contributed by atoms with van der Waals surface area (Å²) in [5.74, 6) is 1.50. The Bertz CT molecular complexity index is 1030. The second kappa shape index (κ2) is 9.49. The number of nitrogens with one attached hydrogen (secondary N) is 2. The summed E-state index contributed by atoms with van der Waals surface area (Å²) < 4.78 is 10.5. The van der Waals surface area contributed by atoms with E-state index in [2.05, 4.69) is 21.9 Å². The number of rotatable bonds is 10. The van der Waals surface area contributed by atoms with Crippen LogP contribution in [0.3, 0.4) is 0 Å². The van der Waals surface area contributed by atoms with Gasteiger partial charge >= 0.3 is 0 Å².